The topological polar surface area (TPSA) is 72.2 Å². The molecule has 0 radical (unpaired) electrons. The fourth-order valence-corrected chi connectivity index (χ4v) is 5.09. The van der Waals surface area contributed by atoms with Crippen molar-refractivity contribution in [2.75, 3.05) is 25.1 Å². The average Bonchev–Trinajstić information content (AvgIpc) is 3.41. The summed E-state index contributed by atoms with van der Waals surface area (Å²) in [5, 5.41) is 24.6. The molecular weight excluding hydrogens is 366 g/mol. The number of rotatable bonds is 7. The average molecular weight is 393 g/mol. The lowest BCUT2D eigenvalue weighted by molar-refractivity contribution is -0.710. The highest BCUT2D eigenvalue weighted by atomic mass is 16.5. The maximum absolute atomic E-state index is 11.8. The van der Waals surface area contributed by atoms with Crippen LogP contribution in [-0.2, 0) is 6.54 Å². The fraction of sp³-hybridized carbons (Fsp3) is 0.391. The van der Waals surface area contributed by atoms with Crippen molar-refractivity contribution in [3.63, 3.8) is 0 Å². The molecule has 4 atom stereocenters. The molecule has 0 aromatic heterocycles. The summed E-state index contributed by atoms with van der Waals surface area (Å²) < 4.78 is 5.56. The minimum absolute atomic E-state index is 0.0279. The van der Waals surface area contributed by atoms with E-state index in [0.717, 1.165) is 41.7 Å². The van der Waals surface area contributed by atoms with Gasteiger partial charge in [-0.05, 0) is 48.6 Å². The van der Waals surface area contributed by atoms with Gasteiger partial charge in [-0.2, -0.15) is 0 Å². The van der Waals surface area contributed by atoms with Crippen LogP contribution in [0.2, 0.25) is 0 Å². The van der Waals surface area contributed by atoms with E-state index in [-0.39, 0.29) is 11.7 Å². The first-order valence-corrected chi connectivity index (χ1v) is 10.4. The summed E-state index contributed by atoms with van der Waals surface area (Å²) in [6, 6.07) is 15.2. The molecule has 3 N–H and O–H groups in total. The summed E-state index contributed by atoms with van der Waals surface area (Å²) in [6.07, 6.45) is 5.99. The van der Waals surface area contributed by atoms with Gasteiger partial charge in [0.15, 0.2) is 0 Å². The highest BCUT2D eigenvalue weighted by Crippen LogP contribution is 2.40. The third kappa shape index (κ3) is 3.76. The molecular formula is C23H27N3O3. The number of fused-ring (bicyclic) bond motifs is 3. The Bertz CT molecular complexity index is 916. The summed E-state index contributed by atoms with van der Waals surface area (Å²) in [4.78, 5) is 2.58. The molecule has 152 valence electrons. The SMILES string of the molecule is [O-][NH+]1C=Cc2cc(NC3CC4CC3N(Cc3cccc(OCCO)c3)C4)ccc21. The fourth-order valence-electron chi connectivity index (χ4n) is 5.09. The number of anilines is 1. The Morgan fingerprint density at radius 3 is 3.00 bits per heavy atom. The minimum atomic E-state index is 0.0279. The van der Waals surface area contributed by atoms with Crippen LogP contribution in [0.25, 0.3) is 6.08 Å². The molecule has 5 rings (SSSR count). The zero-order chi connectivity index (χ0) is 19.8. The number of likely N-dealkylation sites (tertiary alicyclic amines) is 1. The molecule has 1 saturated heterocycles. The van der Waals surface area contributed by atoms with Crippen LogP contribution in [0.1, 0.15) is 24.0 Å². The second kappa shape index (κ2) is 7.80. The minimum Gasteiger partial charge on any atom is -0.624 e. The lowest BCUT2D eigenvalue weighted by atomic mass is 10.0. The van der Waals surface area contributed by atoms with E-state index in [9.17, 15) is 5.21 Å². The number of piperidine rings is 1. The summed E-state index contributed by atoms with van der Waals surface area (Å²) in [6.45, 7) is 2.41. The molecule has 6 heteroatoms. The van der Waals surface area contributed by atoms with Gasteiger partial charge in [-0.1, -0.05) is 12.1 Å². The maximum Gasteiger partial charge on any atom is 0.143 e. The molecule has 3 aliphatic rings. The number of aliphatic hydroxyl groups excluding tert-OH is 1. The van der Waals surface area contributed by atoms with Crippen molar-refractivity contribution in [2.24, 2.45) is 5.92 Å². The van der Waals surface area contributed by atoms with Crippen molar-refractivity contribution in [3.8, 4) is 5.75 Å². The van der Waals surface area contributed by atoms with E-state index in [0.29, 0.717) is 18.7 Å². The van der Waals surface area contributed by atoms with E-state index >= 15 is 0 Å². The van der Waals surface area contributed by atoms with Crippen LogP contribution in [0.3, 0.4) is 0 Å². The third-order valence-electron chi connectivity index (χ3n) is 6.32. The zero-order valence-electron chi connectivity index (χ0n) is 16.4. The van der Waals surface area contributed by atoms with Gasteiger partial charge < -0.3 is 25.4 Å². The normalized spacial score (nSPS) is 27.4. The maximum atomic E-state index is 11.8. The van der Waals surface area contributed by atoms with Gasteiger partial charge in [-0.25, -0.2) is 0 Å². The van der Waals surface area contributed by atoms with Crippen LogP contribution < -0.4 is 15.1 Å². The van der Waals surface area contributed by atoms with Gasteiger partial charge in [-0.15, -0.1) is 0 Å². The molecule has 2 bridgehead atoms. The van der Waals surface area contributed by atoms with E-state index < -0.39 is 0 Å². The van der Waals surface area contributed by atoms with Gasteiger partial charge in [0, 0.05) is 48.6 Å². The van der Waals surface area contributed by atoms with Gasteiger partial charge in [0.1, 0.15) is 24.2 Å². The number of hydrogen-bond acceptors (Lipinski definition) is 5. The lowest BCUT2D eigenvalue weighted by Gasteiger charge is -2.34. The van der Waals surface area contributed by atoms with Crippen molar-refractivity contribution in [2.45, 2.75) is 31.5 Å². The predicted octanol–water partition coefficient (Wildman–Crippen LogP) is 2.13. The molecule has 2 heterocycles. The van der Waals surface area contributed by atoms with Crippen LogP contribution in [0.4, 0.5) is 11.4 Å². The first-order chi connectivity index (χ1) is 14.2. The number of ether oxygens (including phenoxy) is 1. The van der Waals surface area contributed by atoms with E-state index in [1.807, 2.05) is 30.3 Å². The quantitative estimate of drug-likeness (QED) is 0.629. The number of hydrogen-bond donors (Lipinski definition) is 3. The first-order valence-electron chi connectivity index (χ1n) is 10.4. The Kier molecular flexibility index (Phi) is 5.01. The number of nitrogens with one attached hydrogen (secondary N) is 2. The Hall–Kier alpha value is -2.38. The monoisotopic (exact) mass is 393 g/mol. The van der Waals surface area contributed by atoms with Crippen LogP contribution in [0.5, 0.6) is 5.75 Å². The van der Waals surface area contributed by atoms with Gasteiger partial charge in [0.05, 0.1) is 6.61 Å². The molecule has 0 spiro atoms. The molecule has 2 aromatic rings. The van der Waals surface area contributed by atoms with Crippen molar-refractivity contribution < 1.29 is 14.9 Å². The summed E-state index contributed by atoms with van der Waals surface area (Å²) in [5.41, 5.74) is 4.15. The largest absolute Gasteiger partial charge is 0.624 e. The molecule has 0 amide bonds. The second-order valence-corrected chi connectivity index (χ2v) is 8.30. The van der Waals surface area contributed by atoms with Crippen molar-refractivity contribution in [1.82, 2.24) is 4.90 Å². The Labute approximate surface area is 171 Å². The van der Waals surface area contributed by atoms with Crippen LogP contribution in [-0.4, -0.2) is 41.8 Å². The molecule has 2 aliphatic heterocycles. The highest BCUT2D eigenvalue weighted by Gasteiger charge is 2.44. The van der Waals surface area contributed by atoms with Crippen molar-refractivity contribution >= 4 is 17.5 Å². The van der Waals surface area contributed by atoms with E-state index in [1.54, 1.807) is 6.20 Å². The third-order valence-corrected chi connectivity index (χ3v) is 6.32. The van der Waals surface area contributed by atoms with Gasteiger partial charge in [0.25, 0.3) is 0 Å². The van der Waals surface area contributed by atoms with E-state index in [2.05, 4.69) is 28.4 Å². The summed E-state index contributed by atoms with van der Waals surface area (Å²) in [5.74, 6) is 1.55. The first kappa shape index (κ1) is 18.6. The lowest BCUT2D eigenvalue weighted by Crippen LogP contribution is -2.95. The number of quaternary nitrogens is 1. The van der Waals surface area contributed by atoms with Crippen LogP contribution in [0, 0.1) is 11.1 Å². The van der Waals surface area contributed by atoms with Gasteiger partial charge in [0.2, 0.25) is 0 Å². The number of hydroxylamine groups is 1. The molecule has 2 fully saturated rings. The molecule has 6 nitrogen and oxygen atoms in total. The number of benzene rings is 2. The second-order valence-electron chi connectivity index (χ2n) is 8.30. The van der Waals surface area contributed by atoms with E-state index in [4.69, 9.17) is 9.84 Å². The molecule has 4 unspecified atom stereocenters. The van der Waals surface area contributed by atoms with Crippen molar-refractivity contribution in [1.29, 1.82) is 0 Å². The van der Waals surface area contributed by atoms with Crippen molar-refractivity contribution in [3.05, 3.63) is 65.0 Å². The number of nitrogens with zero attached hydrogens (tertiary/aromatic N) is 1. The van der Waals surface area contributed by atoms with Gasteiger partial charge in [-0.3, -0.25) is 4.90 Å². The molecule has 2 aromatic carbocycles. The number of aliphatic hydroxyl groups is 1. The van der Waals surface area contributed by atoms with Crippen LogP contribution in [0.15, 0.2) is 48.7 Å². The molecule has 1 aliphatic carbocycles. The molecule has 1 saturated carbocycles. The smallest absolute Gasteiger partial charge is 0.143 e. The Morgan fingerprint density at radius 1 is 1.21 bits per heavy atom. The Morgan fingerprint density at radius 2 is 2.14 bits per heavy atom. The predicted molar refractivity (Wildman–Crippen MR) is 113 cm³/mol. The van der Waals surface area contributed by atoms with Crippen LogP contribution >= 0.6 is 0 Å². The Balaban J connectivity index is 1.25. The standard InChI is InChI=1S/C23H27N3O3/c27-8-9-29-20-3-1-2-16(10-20)14-25-15-17-11-21(23(25)12-17)24-19-4-5-22-18(13-19)6-7-26(22)28/h1-7,10,13,17,21,23-24,26-27H,8-9,11-12,14-15H2. The highest BCUT2D eigenvalue weighted by molar-refractivity contribution is 5.69. The summed E-state index contributed by atoms with van der Waals surface area (Å²) in [7, 11) is 0. The summed E-state index contributed by atoms with van der Waals surface area (Å²) >= 11 is 0. The van der Waals surface area contributed by atoms with E-state index in [1.165, 1.54) is 18.4 Å². The van der Waals surface area contributed by atoms with Gasteiger partial charge >= 0.3 is 0 Å². The zero-order valence-corrected chi connectivity index (χ0v) is 16.4. The molecule has 29 heavy (non-hydrogen) atoms.